The number of halogens is 1. The lowest BCUT2D eigenvalue weighted by Crippen LogP contribution is -2.50. The Morgan fingerprint density at radius 1 is 1.47 bits per heavy atom. The lowest BCUT2D eigenvalue weighted by Gasteiger charge is -2.28. The second kappa shape index (κ2) is 5.42. The third kappa shape index (κ3) is 2.57. The summed E-state index contributed by atoms with van der Waals surface area (Å²) in [6.45, 7) is 2.22. The number of amides is 2. The van der Waals surface area contributed by atoms with Gasteiger partial charge in [0.05, 0.1) is 28.4 Å². The van der Waals surface area contributed by atoms with Crippen molar-refractivity contribution in [3.8, 4) is 0 Å². The minimum atomic E-state index is -0.574. The van der Waals surface area contributed by atoms with Crippen molar-refractivity contribution in [2.45, 2.75) is 38.8 Å². The average molecular weight is 329 g/mol. The molecule has 0 spiro atoms. The Kier molecular flexibility index (Phi) is 4.05. The summed E-state index contributed by atoms with van der Waals surface area (Å²) in [5, 5.41) is 4.35. The molecule has 0 saturated carbocycles. The molecule has 0 radical (unpaired) electrons. The van der Waals surface area contributed by atoms with E-state index in [1.807, 2.05) is 6.92 Å². The molecule has 1 aromatic rings. The Balaban J connectivity index is 2.27. The maximum atomic E-state index is 12.0. The number of piperidine rings is 1. The number of aromatic nitrogens is 2. The lowest BCUT2D eigenvalue weighted by atomic mass is 10.0. The largest absolute Gasteiger partial charge is 0.320 e. The number of nitrogens with two attached hydrogens (primary N) is 1. The van der Waals surface area contributed by atoms with Gasteiger partial charge in [0.2, 0.25) is 11.8 Å². The zero-order chi connectivity index (χ0) is 14.2. The van der Waals surface area contributed by atoms with Crippen molar-refractivity contribution >= 4 is 27.7 Å². The Morgan fingerprint density at radius 2 is 2.16 bits per heavy atom. The van der Waals surface area contributed by atoms with E-state index in [1.165, 1.54) is 4.90 Å². The van der Waals surface area contributed by atoms with Crippen LogP contribution in [0.15, 0.2) is 4.47 Å². The molecule has 2 N–H and O–H groups in total. The van der Waals surface area contributed by atoms with Crippen molar-refractivity contribution in [2.75, 3.05) is 0 Å². The van der Waals surface area contributed by atoms with Gasteiger partial charge in [-0.1, -0.05) is 6.92 Å². The highest BCUT2D eigenvalue weighted by atomic mass is 79.9. The summed E-state index contributed by atoms with van der Waals surface area (Å²) in [6.07, 6.45) is 1.54. The van der Waals surface area contributed by atoms with Crippen LogP contribution in [-0.2, 0) is 29.6 Å². The fourth-order valence-electron chi connectivity index (χ4n) is 2.17. The fraction of sp³-hybridized carbons (Fsp3) is 0.583. The van der Waals surface area contributed by atoms with Crippen LogP contribution in [0.1, 0.15) is 31.2 Å². The van der Waals surface area contributed by atoms with E-state index in [0.29, 0.717) is 12.8 Å². The Hall–Kier alpha value is -1.21. The molecule has 1 atom stereocenters. The van der Waals surface area contributed by atoms with Crippen LogP contribution in [0.4, 0.5) is 0 Å². The first-order valence-corrected chi connectivity index (χ1v) is 7.05. The number of hydrogen-bond acceptors (Lipinski definition) is 4. The van der Waals surface area contributed by atoms with Crippen LogP contribution < -0.4 is 5.73 Å². The van der Waals surface area contributed by atoms with Gasteiger partial charge in [0, 0.05) is 13.5 Å². The molecule has 2 heterocycles. The van der Waals surface area contributed by atoms with Gasteiger partial charge in [0.25, 0.3) is 0 Å². The Bertz CT molecular complexity index is 526. The SMILES string of the molecule is CCc1nn(C)c(CN2C(=O)CCC(N)C2=O)c1Br. The standard InChI is InChI=1S/C12H17BrN4O2/c1-3-8-11(13)9(16(2)15-8)6-17-10(18)5-4-7(14)12(17)19/h7H,3-6,14H2,1-2H3. The minimum Gasteiger partial charge on any atom is -0.320 e. The summed E-state index contributed by atoms with van der Waals surface area (Å²) in [7, 11) is 1.80. The second-order valence-corrected chi connectivity index (χ2v) is 5.44. The van der Waals surface area contributed by atoms with Crippen LogP contribution in [0.25, 0.3) is 0 Å². The first-order valence-electron chi connectivity index (χ1n) is 6.25. The van der Waals surface area contributed by atoms with Crippen molar-refractivity contribution in [3.63, 3.8) is 0 Å². The first kappa shape index (κ1) is 14.2. The van der Waals surface area contributed by atoms with Crippen LogP contribution in [-0.4, -0.2) is 32.5 Å². The van der Waals surface area contributed by atoms with E-state index in [9.17, 15) is 9.59 Å². The highest BCUT2D eigenvalue weighted by Crippen LogP contribution is 2.24. The summed E-state index contributed by atoms with van der Waals surface area (Å²) in [6, 6.07) is -0.574. The van der Waals surface area contributed by atoms with E-state index in [1.54, 1.807) is 11.7 Å². The summed E-state index contributed by atoms with van der Waals surface area (Å²) >= 11 is 3.48. The topological polar surface area (TPSA) is 81.2 Å². The third-order valence-corrected chi connectivity index (χ3v) is 4.28. The molecule has 2 rings (SSSR count). The summed E-state index contributed by atoms with van der Waals surface area (Å²) < 4.78 is 2.56. The molecular formula is C12H17BrN4O2. The van der Waals surface area contributed by atoms with Gasteiger partial charge in [-0.3, -0.25) is 19.2 Å². The van der Waals surface area contributed by atoms with Gasteiger partial charge in [-0.05, 0) is 28.8 Å². The van der Waals surface area contributed by atoms with Crippen LogP contribution in [0, 0.1) is 0 Å². The predicted molar refractivity (Wildman–Crippen MR) is 73.1 cm³/mol. The molecule has 1 aliphatic heterocycles. The number of likely N-dealkylation sites (tertiary alicyclic amines) is 1. The summed E-state index contributed by atoms with van der Waals surface area (Å²) in [5.41, 5.74) is 7.44. The molecule has 19 heavy (non-hydrogen) atoms. The molecule has 1 unspecified atom stereocenters. The fourth-order valence-corrected chi connectivity index (χ4v) is 2.91. The summed E-state index contributed by atoms with van der Waals surface area (Å²) in [5.74, 6) is -0.472. The van der Waals surface area contributed by atoms with E-state index in [-0.39, 0.29) is 18.4 Å². The van der Waals surface area contributed by atoms with E-state index < -0.39 is 6.04 Å². The second-order valence-electron chi connectivity index (χ2n) is 4.65. The molecule has 1 fully saturated rings. The number of nitrogens with zero attached hydrogens (tertiary/aromatic N) is 3. The molecule has 104 valence electrons. The van der Waals surface area contributed by atoms with Crippen LogP contribution >= 0.6 is 15.9 Å². The smallest absolute Gasteiger partial charge is 0.246 e. The highest BCUT2D eigenvalue weighted by molar-refractivity contribution is 9.10. The zero-order valence-electron chi connectivity index (χ0n) is 11.0. The van der Waals surface area contributed by atoms with Crippen molar-refractivity contribution in [2.24, 2.45) is 12.8 Å². The number of imide groups is 1. The van der Waals surface area contributed by atoms with Crippen molar-refractivity contribution in [1.29, 1.82) is 0 Å². The maximum Gasteiger partial charge on any atom is 0.246 e. The lowest BCUT2D eigenvalue weighted by molar-refractivity contribution is -0.150. The van der Waals surface area contributed by atoms with Crippen molar-refractivity contribution in [3.05, 3.63) is 15.9 Å². The zero-order valence-corrected chi connectivity index (χ0v) is 12.6. The molecule has 1 aliphatic rings. The Labute approximate surface area is 120 Å². The molecule has 0 bridgehead atoms. The molecule has 0 aromatic carbocycles. The molecule has 7 heteroatoms. The molecular weight excluding hydrogens is 312 g/mol. The predicted octanol–water partition coefficient (Wildman–Crippen LogP) is 0.721. The van der Waals surface area contributed by atoms with Gasteiger partial charge in [-0.2, -0.15) is 5.10 Å². The van der Waals surface area contributed by atoms with E-state index >= 15 is 0 Å². The van der Waals surface area contributed by atoms with Crippen LogP contribution in [0.3, 0.4) is 0 Å². The van der Waals surface area contributed by atoms with Gasteiger partial charge < -0.3 is 5.73 Å². The van der Waals surface area contributed by atoms with E-state index in [0.717, 1.165) is 22.3 Å². The number of aryl methyl sites for hydroxylation is 2. The van der Waals surface area contributed by atoms with Gasteiger partial charge >= 0.3 is 0 Å². The van der Waals surface area contributed by atoms with Crippen LogP contribution in [0.2, 0.25) is 0 Å². The van der Waals surface area contributed by atoms with Crippen molar-refractivity contribution < 1.29 is 9.59 Å². The minimum absolute atomic E-state index is 0.169. The monoisotopic (exact) mass is 328 g/mol. The van der Waals surface area contributed by atoms with Crippen molar-refractivity contribution in [1.82, 2.24) is 14.7 Å². The molecule has 1 saturated heterocycles. The normalized spacial score (nSPS) is 20.2. The van der Waals surface area contributed by atoms with Gasteiger partial charge in [-0.25, -0.2) is 0 Å². The first-order chi connectivity index (χ1) is 8.95. The van der Waals surface area contributed by atoms with Gasteiger partial charge in [-0.15, -0.1) is 0 Å². The number of rotatable bonds is 3. The van der Waals surface area contributed by atoms with Gasteiger partial charge in [0.15, 0.2) is 0 Å². The number of carbonyl (C=O) groups excluding carboxylic acids is 2. The third-order valence-electron chi connectivity index (χ3n) is 3.36. The van der Waals surface area contributed by atoms with E-state index in [4.69, 9.17) is 5.73 Å². The summed E-state index contributed by atoms with van der Waals surface area (Å²) in [4.78, 5) is 25.1. The molecule has 1 aromatic heterocycles. The Morgan fingerprint density at radius 3 is 2.74 bits per heavy atom. The average Bonchev–Trinajstić information content (AvgIpc) is 2.65. The molecule has 6 nitrogen and oxygen atoms in total. The maximum absolute atomic E-state index is 12.0. The van der Waals surface area contributed by atoms with E-state index in [2.05, 4.69) is 21.0 Å². The van der Waals surface area contributed by atoms with Gasteiger partial charge in [0.1, 0.15) is 0 Å². The van der Waals surface area contributed by atoms with Crippen LogP contribution in [0.5, 0.6) is 0 Å². The number of carbonyl (C=O) groups is 2. The highest BCUT2D eigenvalue weighted by Gasteiger charge is 2.33. The molecule has 2 amide bonds. The molecule has 0 aliphatic carbocycles. The number of hydrogen-bond donors (Lipinski definition) is 1. The quantitative estimate of drug-likeness (QED) is 0.829.